The van der Waals surface area contributed by atoms with Gasteiger partial charge in [0.25, 0.3) is 0 Å². The summed E-state index contributed by atoms with van der Waals surface area (Å²) in [5.41, 5.74) is 0.489. The Kier molecular flexibility index (Phi) is 1.83. The molecule has 2 saturated heterocycles. The molecule has 1 amide bonds. The normalized spacial score (nSPS) is 24.9. The van der Waals surface area contributed by atoms with Crippen molar-refractivity contribution in [1.82, 2.24) is 10.2 Å². The smallest absolute Gasteiger partial charge is 0.222 e. The molecule has 2 rings (SSSR count). The zero-order valence-electron chi connectivity index (χ0n) is 7.60. The Labute approximate surface area is 73.1 Å². The second-order valence-electron chi connectivity index (χ2n) is 4.10. The van der Waals surface area contributed by atoms with Crippen LogP contribution in [0.2, 0.25) is 0 Å². The van der Waals surface area contributed by atoms with E-state index in [1.54, 1.807) is 0 Å². The summed E-state index contributed by atoms with van der Waals surface area (Å²) < 4.78 is 0. The maximum atomic E-state index is 11.4. The van der Waals surface area contributed by atoms with Crippen LogP contribution in [0.5, 0.6) is 0 Å². The van der Waals surface area contributed by atoms with E-state index in [1.165, 1.54) is 0 Å². The molecule has 68 valence electrons. The van der Waals surface area contributed by atoms with Crippen molar-refractivity contribution in [1.29, 1.82) is 0 Å². The number of likely N-dealkylation sites (tertiary alicyclic amines) is 1. The monoisotopic (exact) mass is 168 g/mol. The third-order valence-electron chi connectivity index (χ3n) is 2.87. The number of carbonyl (C=O) groups is 1. The van der Waals surface area contributed by atoms with Gasteiger partial charge in [-0.15, -0.1) is 0 Å². The van der Waals surface area contributed by atoms with E-state index in [1.807, 2.05) is 4.90 Å². The first-order valence-electron chi connectivity index (χ1n) is 4.74. The summed E-state index contributed by atoms with van der Waals surface area (Å²) in [7, 11) is 0. The molecule has 0 aromatic rings. The van der Waals surface area contributed by atoms with Crippen LogP contribution in [0.4, 0.5) is 0 Å². The Morgan fingerprint density at radius 1 is 1.50 bits per heavy atom. The number of rotatable bonds is 2. The van der Waals surface area contributed by atoms with E-state index in [2.05, 4.69) is 12.2 Å². The zero-order valence-corrected chi connectivity index (χ0v) is 7.60. The van der Waals surface area contributed by atoms with Gasteiger partial charge in [0.2, 0.25) is 5.91 Å². The van der Waals surface area contributed by atoms with Crippen LogP contribution in [0.3, 0.4) is 0 Å². The minimum Gasteiger partial charge on any atom is -0.341 e. The van der Waals surface area contributed by atoms with Crippen LogP contribution in [0.15, 0.2) is 0 Å². The molecule has 3 nitrogen and oxygen atoms in total. The number of carbonyl (C=O) groups excluding carboxylic acids is 1. The molecule has 0 saturated carbocycles. The van der Waals surface area contributed by atoms with Gasteiger partial charge in [-0.3, -0.25) is 4.79 Å². The van der Waals surface area contributed by atoms with Crippen LogP contribution in [0.1, 0.15) is 19.8 Å². The molecular weight excluding hydrogens is 152 g/mol. The molecule has 2 aliphatic rings. The Bertz CT molecular complexity index is 191. The van der Waals surface area contributed by atoms with Crippen molar-refractivity contribution in [3.05, 3.63) is 0 Å². The van der Waals surface area contributed by atoms with E-state index in [4.69, 9.17) is 0 Å². The van der Waals surface area contributed by atoms with Crippen molar-refractivity contribution < 1.29 is 4.79 Å². The van der Waals surface area contributed by atoms with Crippen molar-refractivity contribution >= 4 is 5.91 Å². The highest BCUT2D eigenvalue weighted by Crippen LogP contribution is 2.34. The highest BCUT2D eigenvalue weighted by atomic mass is 16.2. The lowest BCUT2D eigenvalue weighted by molar-refractivity contribution is -0.146. The van der Waals surface area contributed by atoms with Gasteiger partial charge in [0, 0.05) is 38.0 Å². The van der Waals surface area contributed by atoms with Gasteiger partial charge < -0.3 is 10.2 Å². The van der Waals surface area contributed by atoms with E-state index < -0.39 is 0 Å². The minimum absolute atomic E-state index is 0.343. The molecule has 12 heavy (non-hydrogen) atoms. The van der Waals surface area contributed by atoms with Gasteiger partial charge in [0.05, 0.1) is 0 Å². The van der Waals surface area contributed by atoms with Gasteiger partial charge in [0.15, 0.2) is 0 Å². The summed E-state index contributed by atoms with van der Waals surface area (Å²) in [6.07, 6.45) is 1.70. The molecule has 0 unspecified atom stereocenters. The Balaban J connectivity index is 1.76. The van der Waals surface area contributed by atoms with E-state index in [0.29, 0.717) is 11.3 Å². The molecule has 0 aromatic heterocycles. The maximum Gasteiger partial charge on any atom is 0.222 e. The van der Waals surface area contributed by atoms with Crippen LogP contribution >= 0.6 is 0 Å². The van der Waals surface area contributed by atoms with Gasteiger partial charge in [-0.25, -0.2) is 0 Å². The number of hydrogen-bond donors (Lipinski definition) is 1. The second-order valence-corrected chi connectivity index (χ2v) is 4.10. The van der Waals surface area contributed by atoms with E-state index >= 15 is 0 Å². The van der Waals surface area contributed by atoms with Gasteiger partial charge >= 0.3 is 0 Å². The molecule has 0 aliphatic carbocycles. The minimum atomic E-state index is 0.343. The molecule has 0 atom stereocenters. The summed E-state index contributed by atoms with van der Waals surface area (Å²) in [6, 6.07) is 0. The third kappa shape index (κ3) is 1.12. The highest BCUT2D eigenvalue weighted by molar-refractivity contribution is 5.77. The summed E-state index contributed by atoms with van der Waals surface area (Å²) in [5.74, 6) is 0.343. The van der Waals surface area contributed by atoms with Crippen LogP contribution in [0.25, 0.3) is 0 Å². The quantitative estimate of drug-likeness (QED) is 0.639. The second kappa shape index (κ2) is 2.73. The Morgan fingerprint density at radius 2 is 2.17 bits per heavy atom. The van der Waals surface area contributed by atoms with Crippen LogP contribution in [-0.2, 0) is 4.79 Å². The molecular formula is C9H16N2O. The molecule has 2 aliphatic heterocycles. The largest absolute Gasteiger partial charge is 0.341 e. The highest BCUT2D eigenvalue weighted by Gasteiger charge is 2.48. The van der Waals surface area contributed by atoms with E-state index in [0.717, 1.165) is 39.0 Å². The lowest BCUT2D eigenvalue weighted by Gasteiger charge is -2.56. The lowest BCUT2D eigenvalue weighted by atomic mass is 9.74. The molecule has 2 heterocycles. The van der Waals surface area contributed by atoms with E-state index in [9.17, 15) is 4.79 Å². The summed E-state index contributed by atoms with van der Waals surface area (Å²) in [5, 5.41) is 3.26. The molecule has 3 heteroatoms. The predicted octanol–water partition coefficient (Wildman–Crippen LogP) is 0.218. The molecule has 1 spiro atoms. The molecule has 0 radical (unpaired) electrons. The predicted molar refractivity (Wildman–Crippen MR) is 46.8 cm³/mol. The average molecular weight is 168 g/mol. The summed E-state index contributed by atoms with van der Waals surface area (Å²) in [4.78, 5) is 13.3. The van der Waals surface area contributed by atoms with Gasteiger partial charge in [-0.1, -0.05) is 6.92 Å². The maximum absolute atomic E-state index is 11.4. The van der Waals surface area contributed by atoms with E-state index in [-0.39, 0.29) is 0 Å². The van der Waals surface area contributed by atoms with Gasteiger partial charge in [-0.2, -0.15) is 0 Å². The fraction of sp³-hybridized carbons (Fsp3) is 0.889. The Hall–Kier alpha value is -0.570. The van der Waals surface area contributed by atoms with Gasteiger partial charge in [-0.05, 0) is 6.42 Å². The molecule has 1 N–H and O–H groups in total. The van der Waals surface area contributed by atoms with Crippen molar-refractivity contribution in [3.8, 4) is 0 Å². The van der Waals surface area contributed by atoms with Crippen LogP contribution < -0.4 is 5.32 Å². The zero-order chi connectivity index (χ0) is 8.60. The first kappa shape index (κ1) is 8.05. The van der Waals surface area contributed by atoms with Crippen molar-refractivity contribution in [2.75, 3.05) is 26.2 Å². The number of nitrogens with one attached hydrogen (secondary N) is 1. The third-order valence-corrected chi connectivity index (χ3v) is 2.87. The number of nitrogens with zero attached hydrogens (tertiary/aromatic N) is 1. The molecule has 2 fully saturated rings. The topological polar surface area (TPSA) is 32.3 Å². The fourth-order valence-corrected chi connectivity index (χ4v) is 2.01. The van der Waals surface area contributed by atoms with Crippen molar-refractivity contribution in [2.45, 2.75) is 19.8 Å². The van der Waals surface area contributed by atoms with Gasteiger partial charge in [0.1, 0.15) is 0 Å². The van der Waals surface area contributed by atoms with Crippen molar-refractivity contribution in [2.24, 2.45) is 5.41 Å². The van der Waals surface area contributed by atoms with Crippen LogP contribution in [-0.4, -0.2) is 37.0 Å². The number of hydrogen-bond acceptors (Lipinski definition) is 2. The summed E-state index contributed by atoms with van der Waals surface area (Å²) in [6.45, 7) is 6.28. The molecule has 0 aromatic carbocycles. The summed E-state index contributed by atoms with van der Waals surface area (Å²) >= 11 is 0. The SMILES string of the molecule is CCCC(=O)N1CC2(CNC2)C1. The molecule has 0 bridgehead atoms. The first-order chi connectivity index (χ1) is 5.76. The number of amides is 1. The van der Waals surface area contributed by atoms with Crippen LogP contribution in [0, 0.1) is 5.41 Å². The lowest BCUT2D eigenvalue weighted by Crippen LogP contribution is -2.71. The standard InChI is InChI=1S/C9H16N2O/c1-2-3-8(12)11-6-9(7-11)4-10-5-9/h10H,2-7H2,1H3. The van der Waals surface area contributed by atoms with Crippen molar-refractivity contribution in [3.63, 3.8) is 0 Å². The Morgan fingerprint density at radius 3 is 2.58 bits per heavy atom. The first-order valence-corrected chi connectivity index (χ1v) is 4.74. The average Bonchev–Trinajstić information content (AvgIpc) is 1.81. The fourth-order valence-electron chi connectivity index (χ4n) is 2.01.